The van der Waals surface area contributed by atoms with E-state index in [-0.39, 0.29) is 12.1 Å². The number of urea groups is 1. The van der Waals surface area contributed by atoms with Crippen LogP contribution in [0, 0.1) is 6.92 Å². The molecule has 1 saturated heterocycles. The zero-order valence-electron chi connectivity index (χ0n) is 21.0. The molecule has 2 amide bonds. The first-order chi connectivity index (χ1) is 17.5. The number of rotatable bonds is 5. The maximum Gasteiger partial charge on any atom is 0.319 e. The van der Waals surface area contributed by atoms with Gasteiger partial charge in [-0.2, -0.15) is 0 Å². The predicted molar refractivity (Wildman–Crippen MR) is 139 cm³/mol. The maximum atomic E-state index is 12.0. The number of hydrogen-bond acceptors (Lipinski definition) is 8. The molecule has 5 rings (SSSR count). The van der Waals surface area contributed by atoms with Crippen molar-refractivity contribution in [1.29, 1.82) is 0 Å². The molecule has 36 heavy (non-hydrogen) atoms. The molecule has 3 aromatic rings. The number of carbonyl (C=O) groups is 1. The molecule has 1 atom stereocenters. The van der Waals surface area contributed by atoms with Crippen molar-refractivity contribution < 1.29 is 9.53 Å². The standard InChI is InChI=1S/C26H32N8O2/c1-4-27-26(35)31-21-7-6-19(14-17(21)2)23-30-22-15-33(25-28-9-5-10-29-25)11-8-20(22)24(32-23)34-12-13-36-16-18(34)3/h5-7,9-10,14,18H,4,8,11-13,15-16H2,1-3H3,(H2,27,31,35)/t18-/m0/s1. The number of fused-ring (bicyclic) bond motifs is 1. The van der Waals surface area contributed by atoms with Gasteiger partial charge >= 0.3 is 6.03 Å². The molecule has 2 N–H and O–H groups in total. The van der Waals surface area contributed by atoms with Crippen molar-refractivity contribution >= 4 is 23.5 Å². The van der Waals surface area contributed by atoms with Gasteiger partial charge in [0.15, 0.2) is 5.82 Å². The Bertz CT molecular complexity index is 1240. The highest BCUT2D eigenvalue weighted by Gasteiger charge is 2.29. The highest BCUT2D eigenvalue weighted by Crippen LogP contribution is 2.33. The van der Waals surface area contributed by atoms with Crippen LogP contribution >= 0.6 is 0 Å². The van der Waals surface area contributed by atoms with E-state index in [0.717, 1.165) is 47.8 Å². The molecule has 1 aromatic carbocycles. The van der Waals surface area contributed by atoms with E-state index in [1.54, 1.807) is 12.4 Å². The number of carbonyl (C=O) groups excluding carboxylic acids is 1. The number of aromatic nitrogens is 4. The third kappa shape index (κ3) is 4.94. The number of benzene rings is 1. The van der Waals surface area contributed by atoms with E-state index in [1.165, 1.54) is 5.56 Å². The SMILES string of the molecule is CCNC(=O)Nc1ccc(-c2nc3c(c(N4CCOC[C@@H]4C)n2)CCN(c2ncccn2)C3)cc1C. The van der Waals surface area contributed by atoms with E-state index in [4.69, 9.17) is 14.7 Å². The number of morpholine rings is 1. The maximum absolute atomic E-state index is 12.0. The molecular formula is C26H32N8O2. The smallest absolute Gasteiger partial charge is 0.319 e. The molecule has 0 aliphatic carbocycles. The van der Waals surface area contributed by atoms with E-state index in [9.17, 15) is 4.79 Å². The van der Waals surface area contributed by atoms with Crippen LogP contribution in [0.25, 0.3) is 11.4 Å². The quantitative estimate of drug-likeness (QED) is 0.564. The lowest BCUT2D eigenvalue weighted by atomic mass is 10.0. The second-order valence-electron chi connectivity index (χ2n) is 9.15. The topological polar surface area (TPSA) is 108 Å². The van der Waals surface area contributed by atoms with Crippen molar-refractivity contribution in [1.82, 2.24) is 25.3 Å². The van der Waals surface area contributed by atoms with E-state index in [1.807, 2.05) is 38.1 Å². The summed E-state index contributed by atoms with van der Waals surface area (Å²) in [5.74, 6) is 2.37. The van der Waals surface area contributed by atoms with Gasteiger partial charge in [0, 0.05) is 48.8 Å². The number of nitrogens with one attached hydrogen (secondary N) is 2. The van der Waals surface area contributed by atoms with Crippen LogP contribution in [0.3, 0.4) is 0 Å². The monoisotopic (exact) mass is 488 g/mol. The fourth-order valence-electron chi connectivity index (χ4n) is 4.71. The van der Waals surface area contributed by atoms with Crippen LogP contribution in [0.5, 0.6) is 0 Å². The van der Waals surface area contributed by atoms with Crippen molar-refractivity contribution in [2.45, 2.75) is 39.8 Å². The largest absolute Gasteiger partial charge is 0.377 e. The van der Waals surface area contributed by atoms with Gasteiger partial charge in [-0.05, 0) is 57.0 Å². The molecule has 2 aliphatic heterocycles. The minimum absolute atomic E-state index is 0.217. The van der Waals surface area contributed by atoms with Gasteiger partial charge in [-0.15, -0.1) is 0 Å². The fraction of sp³-hybridized carbons (Fsp3) is 0.423. The average molecular weight is 489 g/mol. The number of nitrogens with zero attached hydrogens (tertiary/aromatic N) is 6. The van der Waals surface area contributed by atoms with Crippen LogP contribution < -0.4 is 20.4 Å². The van der Waals surface area contributed by atoms with Crippen LogP contribution in [0.15, 0.2) is 36.7 Å². The van der Waals surface area contributed by atoms with E-state index < -0.39 is 0 Å². The molecule has 10 nitrogen and oxygen atoms in total. The molecule has 0 radical (unpaired) electrons. The normalized spacial score (nSPS) is 17.5. The Hall–Kier alpha value is -3.79. The first kappa shape index (κ1) is 23.9. The first-order valence-electron chi connectivity index (χ1n) is 12.5. The summed E-state index contributed by atoms with van der Waals surface area (Å²) >= 11 is 0. The summed E-state index contributed by atoms with van der Waals surface area (Å²) in [6.45, 7) is 10.2. The zero-order valence-corrected chi connectivity index (χ0v) is 21.0. The van der Waals surface area contributed by atoms with E-state index >= 15 is 0 Å². The fourth-order valence-corrected chi connectivity index (χ4v) is 4.71. The second-order valence-corrected chi connectivity index (χ2v) is 9.15. The van der Waals surface area contributed by atoms with Crippen molar-refractivity contribution in [2.24, 2.45) is 0 Å². The summed E-state index contributed by atoms with van der Waals surface area (Å²) in [7, 11) is 0. The van der Waals surface area contributed by atoms with Gasteiger partial charge < -0.3 is 25.2 Å². The number of hydrogen-bond donors (Lipinski definition) is 2. The van der Waals surface area contributed by atoms with Gasteiger partial charge in [-0.3, -0.25) is 0 Å². The molecule has 1 fully saturated rings. The van der Waals surface area contributed by atoms with Gasteiger partial charge in [-0.25, -0.2) is 24.7 Å². The van der Waals surface area contributed by atoms with Crippen LogP contribution in [0.1, 0.15) is 30.7 Å². The molecule has 10 heteroatoms. The van der Waals surface area contributed by atoms with Crippen molar-refractivity contribution in [2.75, 3.05) is 48.0 Å². The van der Waals surface area contributed by atoms with Gasteiger partial charge in [0.05, 0.1) is 31.5 Å². The Kier molecular flexibility index (Phi) is 6.95. The summed E-state index contributed by atoms with van der Waals surface area (Å²) in [6.07, 6.45) is 4.36. The van der Waals surface area contributed by atoms with Crippen LogP contribution in [-0.4, -0.2) is 64.9 Å². The number of amides is 2. The third-order valence-corrected chi connectivity index (χ3v) is 6.59. The summed E-state index contributed by atoms with van der Waals surface area (Å²) in [5.41, 5.74) is 4.80. The average Bonchev–Trinajstić information content (AvgIpc) is 2.90. The zero-order chi connectivity index (χ0) is 25.1. The molecule has 2 aliphatic rings. The summed E-state index contributed by atoms with van der Waals surface area (Å²) < 4.78 is 5.70. The Morgan fingerprint density at radius 2 is 2.03 bits per heavy atom. The summed E-state index contributed by atoms with van der Waals surface area (Å²) in [4.78, 5) is 35.5. The second kappa shape index (κ2) is 10.4. The summed E-state index contributed by atoms with van der Waals surface area (Å²) in [6, 6.07) is 7.73. The molecular weight excluding hydrogens is 456 g/mol. The van der Waals surface area contributed by atoms with Crippen molar-refractivity contribution in [3.63, 3.8) is 0 Å². The Morgan fingerprint density at radius 3 is 2.78 bits per heavy atom. The number of aryl methyl sites for hydroxylation is 1. The van der Waals surface area contributed by atoms with Gasteiger partial charge in [-0.1, -0.05) is 0 Å². The van der Waals surface area contributed by atoms with Crippen LogP contribution in [-0.2, 0) is 17.7 Å². The lowest BCUT2D eigenvalue weighted by Crippen LogP contribution is -2.45. The molecule has 4 heterocycles. The Balaban J connectivity index is 1.53. The Morgan fingerprint density at radius 1 is 1.19 bits per heavy atom. The molecule has 2 aromatic heterocycles. The van der Waals surface area contributed by atoms with Gasteiger partial charge in [0.1, 0.15) is 5.82 Å². The number of ether oxygens (including phenoxy) is 1. The highest BCUT2D eigenvalue weighted by molar-refractivity contribution is 5.90. The predicted octanol–water partition coefficient (Wildman–Crippen LogP) is 3.17. The van der Waals surface area contributed by atoms with Crippen LogP contribution in [0.4, 0.5) is 22.2 Å². The molecule has 0 unspecified atom stereocenters. The Labute approximate surface area is 211 Å². The van der Waals surface area contributed by atoms with E-state index in [0.29, 0.717) is 38.1 Å². The number of anilines is 3. The van der Waals surface area contributed by atoms with Crippen molar-refractivity contribution in [3.8, 4) is 11.4 Å². The minimum Gasteiger partial charge on any atom is -0.377 e. The lowest BCUT2D eigenvalue weighted by molar-refractivity contribution is 0.0984. The lowest BCUT2D eigenvalue weighted by Gasteiger charge is -2.37. The molecule has 0 bridgehead atoms. The van der Waals surface area contributed by atoms with Gasteiger partial charge in [0.2, 0.25) is 5.95 Å². The van der Waals surface area contributed by atoms with Gasteiger partial charge in [0.25, 0.3) is 0 Å². The van der Waals surface area contributed by atoms with Crippen molar-refractivity contribution in [3.05, 3.63) is 53.5 Å². The third-order valence-electron chi connectivity index (χ3n) is 6.59. The minimum atomic E-state index is -0.217. The molecule has 0 spiro atoms. The van der Waals surface area contributed by atoms with E-state index in [2.05, 4.69) is 37.3 Å². The summed E-state index contributed by atoms with van der Waals surface area (Å²) in [5, 5.41) is 5.66. The highest BCUT2D eigenvalue weighted by atomic mass is 16.5. The van der Waals surface area contributed by atoms with Crippen LogP contribution in [0.2, 0.25) is 0 Å². The molecule has 0 saturated carbocycles. The first-order valence-corrected chi connectivity index (χ1v) is 12.5. The molecule has 188 valence electrons.